The topological polar surface area (TPSA) is 0 Å². The third-order valence-corrected chi connectivity index (χ3v) is 4.36. The predicted octanol–water partition coefficient (Wildman–Crippen LogP) is 5.39. The minimum Gasteiger partial charge on any atom is -0.152 e. The molecule has 0 saturated heterocycles. The van der Waals surface area contributed by atoms with Crippen molar-refractivity contribution in [1.29, 1.82) is 0 Å². The molecule has 0 aliphatic carbocycles. The van der Waals surface area contributed by atoms with Gasteiger partial charge in [-0.1, -0.05) is 39.7 Å². The quantitative estimate of drug-likeness (QED) is 0.666. The number of alkyl halides is 1. The van der Waals surface area contributed by atoms with Crippen LogP contribution in [0, 0.1) is 6.92 Å². The number of rotatable bonds is 3. The van der Waals surface area contributed by atoms with E-state index in [1.54, 1.807) is 11.3 Å². The summed E-state index contributed by atoms with van der Waals surface area (Å²) in [6.45, 7) is 2.05. The third-order valence-electron chi connectivity index (χ3n) is 2.49. The van der Waals surface area contributed by atoms with Gasteiger partial charge in [-0.15, -0.1) is 0 Å². The smallest absolute Gasteiger partial charge is 0.0452 e. The van der Waals surface area contributed by atoms with Crippen LogP contribution < -0.4 is 0 Å². The number of thiophene rings is 1. The van der Waals surface area contributed by atoms with Gasteiger partial charge in [-0.3, -0.25) is 0 Å². The molecule has 0 spiro atoms. The molecule has 0 aliphatic rings. The highest BCUT2D eigenvalue weighted by atomic mass is 79.9. The van der Waals surface area contributed by atoms with Crippen LogP contribution in [0.3, 0.4) is 0 Å². The predicted molar refractivity (Wildman–Crippen MR) is 75.9 cm³/mol. The molecule has 0 saturated carbocycles. The molecule has 0 amide bonds. The lowest BCUT2D eigenvalue weighted by Crippen LogP contribution is -1.95. The van der Waals surface area contributed by atoms with Crippen LogP contribution >= 0.6 is 38.9 Å². The molecule has 2 rings (SSSR count). The lowest BCUT2D eigenvalue weighted by Gasteiger charge is -2.11. The Bertz CT molecular complexity index is 465. The van der Waals surface area contributed by atoms with Crippen LogP contribution in [-0.2, 0) is 6.42 Å². The minimum atomic E-state index is 0.287. The first kappa shape index (κ1) is 12.2. The van der Waals surface area contributed by atoms with Crippen molar-refractivity contribution in [2.75, 3.05) is 0 Å². The van der Waals surface area contributed by atoms with E-state index in [-0.39, 0.29) is 4.83 Å². The molecule has 0 fully saturated rings. The maximum atomic E-state index is 6.24. The molecular weight excluding hydrogens is 304 g/mol. The van der Waals surface area contributed by atoms with Gasteiger partial charge in [-0.25, -0.2) is 0 Å². The number of halogens is 2. The van der Waals surface area contributed by atoms with Gasteiger partial charge in [-0.2, -0.15) is 11.3 Å². The fourth-order valence-corrected chi connectivity index (χ4v) is 3.57. The highest BCUT2D eigenvalue weighted by Crippen LogP contribution is 2.33. The summed E-state index contributed by atoms with van der Waals surface area (Å²) in [5.74, 6) is 0. The van der Waals surface area contributed by atoms with E-state index in [4.69, 9.17) is 11.6 Å². The molecule has 0 radical (unpaired) electrons. The van der Waals surface area contributed by atoms with Gasteiger partial charge in [0.05, 0.1) is 0 Å². The van der Waals surface area contributed by atoms with Crippen molar-refractivity contribution in [3.05, 3.63) is 56.7 Å². The lowest BCUT2D eigenvalue weighted by molar-refractivity contribution is 0.953. The van der Waals surface area contributed by atoms with Crippen LogP contribution in [-0.4, -0.2) is 0 Å². The molecular formula is C13H12BrClS. The molecule has 1 atom stereocenters. The monoisotopic (exact) mass is 314 g/mol. The molecule has 1 aromatic heterocycles. The average molecular weight is 316 g/mol. The van der Waals surface area contributed by atoms with Crippen LogP contribution in [0.15, 0.2) is 35.0 Å². The Hall–Kier alpha value is -0.310. The molecule has 84 valence electrons. The second-order valence-electron chi connectivity index (χ2n) is 3.83. The third kappa shape index (κ3) is 2.88. The molecule has 1 aromatic carbocycles. The Morgan fingerprint density at radius 1 is 1.38 bits per heavy atom. The van der Waals surface area contributed by atoms with Gasteiger partial charge >= 0.3 is 0 Å². The van der Waals surface area contributed by atoms with Crippen LogP contribution in [0.5, 0.6) is 0 Å². The Kier molecular flexibility index (Phi) is 4.06. The van der Waals surface area contributed by atoms with Gasteiger partial charge in [0.2, 0.25) is 0 Å². The number of hydrogen-bond donors (Lipinski definition) is 0. The summed E-state index contributed by atoms with van der Waals surface area (Å²) in [5.41, 5.74) is 3.71. The van der Waals surface area contributed by atoms with E-state index in [0.29, 0.717) is 0 Å². The van der Waals surface area contributed by atoms with Crippen molar-refractivity contribution in [3.8, 4) is 0 Å². The average Bonchev–Trinajstić information content (AvgIpc) is 2.70. The highest BCUT2D eigenvalue weighted by Gasteiger charge is 2.12. The summed E-state index contributed by atoms with van der Waals surface area (Å²) >= 11 is 11.7. The van der Waals surface area contributed by atoms with Gasteiger partial charge in [0.15, 0.2) is 0 Å². The maximum absolute atomic E-state index is 6.24. The van der Waals surface area contributed by atoms with E-state index >= 15 is 0 Å². The standard InChI is InChI=1S/C13H12BrClS/c1-9-2-3-11(13(15)6-9)12(14)7-10-4-5-16-8-10/h2-6,8,12H,7H2,1H3. The molecule has 1 heterocycles. The van der Waals surface area contributed by atoms with Crippen molar-refractivity contribution in [2.24, 2.45) is 0 Å². The Morgan fingerprint density at radius 2 is 2.19 bits per heavy atom. The van der Waals surface area contributed by atoms with E-state index < -0.39 is 0 Å². The molecule has 0 N–H and O–H groups in total. The zero-order valence-electron chi connectivity index (χ0n) is 8.91. The van der Waals surface area contributed by atoms with Crippen LogP contribution in [0.2, 0.25) is 5.02 Å². The van der Waals surface area contributed by atoms with Gasteiger partial charge in [0.25, 0.3) is 0 Å². The Labute approximate surface area is 113 Å². The number of benzene rings is 1. The van der Waals surface area contributed by atoms with Crippen molar-refractivity contribution in [1.82, 2.24) is 0 Å². The zero-order valence-corrected chi connectivity index (χ0v) is 12.1. The van der Waals surface area contributed by atoms with Gasteiger partial charge in [0.1, 0.15) is 0 Å². The van der Waals surface area contributed by atoms with Crippen molar-refractivity contribution >= 4 is 38.9 Å². The van der Waals surface area contributed by atoms with Crippen molar-refractivity contribution in [2.45, 2.75) is 18.2 Å². The first-order valence-electron chi connectivity index (χ1n) is 5.08. The van der Waals surface area contributed by atoms with Crippen molar-refractivity contribution in [3.63, 3.8) is 0 Å². The summed E-state index contributed by atoms with van der Waals surface area (Å²) in [6, 6.07) is 8.37. The normalized spacial score (nSPS) is 12.7. The second kappa shape index (κ2) is 5.35. The number of aryl methyl sites for hydroxylation is 1. The molecule has 0 bridgehead atoms. The first-order chi connectivity index (χ1) is 7.66. The number of hydrogen-bond acceptors (Lipinski definition) is 1. The van der Waals surface area contributed by atoms with Gasteiger partial charge in [0, 0.05) is 9.85 Å². The molecule has 0 aliphatic heterocycles. The first-order valence-corrected chi connectivity index (χ1v) is 7.31. The summed E-state index contributed by atoms with van der Waals surface area (Å²) in [5, 5.41) is 5.12. The second-order valence-corrected chi connectivity index (χ2v) is 6.12. The van der Waals surface area contributed by atoms with Gasteiger partial charge < -0.3 is 0 Å². The SMILES string of the molecule is Cc1ccc(C(Br)Cc2ccsc2)c(Cl)c1. The fourth-order valence-electron chi connectivity index (χ4n) is 1.61. The van der Waals surface area contributed by atoms with Crippen LogP contribution in [0.1, 0.15) is 21.5 Å². The largest absolute Gasteiger partial charge is 0.152 e. The molecule has 3 heteroatoms. The van der Waals surface area contributed by atoms with E-state index in [0.717, 1.165) is 11.4 Å². The summed E-state index contributed by atoms with van der Waals surface area (Å²) in [6.07, 6.45) is 0.978. The van der Waals surface area contributed by atoms with E-state index in [1.165, 1.54) is 16.7 Å². The zero-order chi connectivity index (χ0) is 11.5. The lowest BCUT2D eigenvalue weighted by atomic mass is 10.1. The molecule has 2 aromatic rings. The maximum Gasteiger partial charge on any atom is 0.0452 e. The minimum absolute atomic E-state index is 0.287. The van der Waals surface area contributed by atoms with E-state index in [1.807, 2.05) is 6.07 Å². The summed E-state index contributed by atoms with van der Waals surface area (Å²) in [4.78, 5) is 0.287. The van der Waals surface area contributed by atoms with Crippen LogP contribution in [0.25, 0.3) is 0 Å². The summed E-state index contributed by atoms with van der Waals surface area (Å²) < 4.78 is 0. The molecule has 0 nitrogen and oxygen atoms in total. The Morgan fingerprint density at radius 3 is 2.81 bits per heavy atom. The highest BCUT2D eigenvalue weighted by molar-refractivity contribution is 9.09. The molecule has 1 unspecified atom stereocenters. The fraction of sp³-hybridized carbons (Fsp3) is 0.231. The van der Waals surface area contributed by atoms with E-state index in [9.17, 15) is 0 Å². The Balaban J connectivity index is 2.17. The van der Waals surface area contributed by atoms with Crippen molar-refractivity contribution < 1.29 is 0 Å². The molecule has 16 heavy (non-hydrogen) atoms. The van der Waals surface area contributed by atoms with Crippen LogP contribution in [0.4, 0.5) is 0 Å². The summed E-state index contributed by atoms with van der Waals surface area (Å²) in [7, 11) is 0. The van der Waals surface area contributed by atoms with Gasteiger partial charge in [-0.05, 0) is 52.9 Å². The van der Waals surface area contributed by atoms with E-state index in [2.05, 4.69) is 51.8 Å².